The summed E-state index contributed by atoms with van der Waals surface area (Å²) < 4.78 is 2.79. The van der Waals surface area contributed by atoms with Crippen LogP contribution < -0.4 is 0 Å². The van der Waals surface area contributed by atoms with Crippen molar-refractivity contribution in [3.8, 4) is 11.4 Å². The fourth-order valence-corrected chi connectivity index (χ4v) is 4.05. The minimum absolute atomic E-state index is 0.344. The maximum Gasteiger partial charge on any atom is 0.311 e. The van der Waals surface area contributed by atoms with Crippen molar-refractivity contribution in [2.45, 2.75) is 32.2 Å². The van der Waals surface area contributed by atoms with Crippen LogP contribution in [0.4, 0.5) is 0 Å². The molecule has 2 aromatic rings. The van der Waals surface area contributed by atoms with Crippen LogP contribution >= 0.6 is 33.9 Å². The quantitative estimate of drug-likeness (QED) is 0.793. The molecule has 6 nitrogen and oxygen atoms in total. The van der Waals surface area contributed by atoms with Gasteiger partial charge < -0.3 is 5.11 Å². The lowest BCUT2D eigenvalue weighted by Gasteiger charge is -2.23. The van der Waals surface area contributed by atoms with Gasteiger partial charge in [-0.3, -0.25) is 4.79 Å². The van der Waals surface area contributed by atoms with Gasteiger partial charge in [-0.05, 0) is 51.9 Å². The number of hydrogen-bond acceptors (Lipinski definition) is 5. The van der Waals surface area contributed by atoms with Crippen LogP contribution in [-0.4, -0.2) is 31.3 Å². The number of rotatable bonds is 4. The molecule has 8 heteroatoms. The zero-order valence-corrected chi connectivity index (χ0v) is 13.6. The monoisotopic (exact) mass is 404 g/mol. The van der Waals surface area contributed by atoms with E-state index in [1.54, 1.807) is 16.0 Å². The molecule has 0 unspecified atom stereocenters. The minimum Gasteiger partial charge on any atom is -0.481 e. The zero-order valence-electron chi connectivity index (χ0n) is 10.6. The first-order valence-corrected chi connectivity index (χ1v) is 8.31. The second kappa shape index (κ2) is 5.40. The van der Waals surface area contributed by atoms with Crippen molar-refractivity contribution >= 4 is 39.9 Å². The number of nitrogens with zero attached hydrogens (tertiary/aromatic N) is 4. The van der Waals surface area contributed by atoms with E-state index in [1.807, 2.05) is 11.4 Å². The summed E-state index contributed by atoms with van der Waals surface area (Å²) >= 11 is 3.87. The number of aliphatic carboxylic acids is 1. The van der Waals surface area contributed by atoms with E-state index in [1.165, 1.54) is 0 Å². The largest absolute Gasteiger partial charge is 0.481 e. The highest BCUT2D eigenvalue weighted by molar-refractivity contribution is 14.1. The van der Waals surface area contributed by atoms with E-state index in [-0.39, 0.29) is 0 Å². The second-order valence-corrected chi connectivity index (χ2v) is 7.90. The maximum absolute atomic E-state index is 11.6. The summed E-state index contributed by atoms with van der Waals surface area (Å²) in [5, 5.41) is 23.3. The Kier molecular flexibility index (Phi) is 3.76. The number of carbonyl (C=O) groups is 1. The molecule has 1 N–H and O–H groups in total. The first-order chi connectivity index (χ1) is 9.61. The molecule has 0 saturated heterocycles. The van der Waals surface area contributed by atoms with Crippen molar-refractivity contribution in [2.75, 3.05) is 0 Å². The summed E-state index contributed by atoms with van der Waals surface area (Å²) in [6, 6.07) is 2.01. The molecule has 1 aliphatic rings. The van der Waals surface area contributed by atoms with Gasteiger partial charge in [-0.2, -0.15) is 0 Å². The van der Waals surface area contributed by atoms with Gasteiger partial charge in [0, 0.05) is 10.9 Å². The molecule has 0 aromatic carbocycles. The Morgan fingerprint density at radius 3 is 2.85 bits per heavy atom. The van der Waals surface area contributed by atoms with Crippen molar-refractivity contribution in [1.82, 2.24) is 20.2 Å². The second-order valence-electron chi connectivity index (χ2n) is 5.09. The van der Waals surface area contributed by atoms with Crippen molar-refractivity contribution in [3.63, 3.8) is 0 Å². The summed E-state index contributed by atoms with van der Waals surface area (Å²) in [5.41, 5.74) is 0.232. The van der Waals surface area contributed by atoms with Crippen LogP contribution in [-0.2, 0) is 11.3 Å². The molecular formula is C12H13IN4O2S. The molecule has 2 aromatic heterocycles. The Hall–Kier alpha value is -1.03. The first-order valence-electron chi connectivity index (χ1n) is 6.35. The molecule has 0 amide bonds. The average molecular weight is 404 g/mol. The van der Waals surface area contributed by atoms with Gasteiger partial charge in [0.15, 0.2) is 5.82 Å². The Morgan fingerprint density at radius 1 is 1.50 bits per heavy atom. The smallest absolute Gasteiger partial charge is 0.311 e. The lowest BCUT2D eigenvalue weighted by atomic mass is 9.86. The molecule has 106 valence electrons. The van der Waals surface area contributed by atoms with Crippen molar-refractivity contribution in [1.29, 1.82) is 0 Å². The minimum atomic E-state index is -0.739. The normalized spacial score (nSPS) is 17.4. The third-order valence-electron chi connectivity index (χ3n) is 3.82. The Balaban J connectivity index is 1.92. The Bertz CT molecular complexity index is 633. The van der Waals surface area contributed by atoms with E-state index in [9.17, 15) is 9.90 Å². The molecule has 0 radical (unpaired) electrons. The van der Waals surface area contributed by atoms with E-state index in [4.69, 9.17) is 0 Å². The highest BCUT2D eigenvalue weighted by atomic mass is 127. The molecular weight excluding hydrogens is 391 g/mol. The third kappa shape index (κ3) is 2.46. The molecule has 0 bridgehead atoms. The number of tetrazole rings is 1. The topological polar surface area (TPSA) is 80.9 Å². The van der Waals surface area contributed by atoms with E-state index < -0.39 is 11.4 Å². The summed E-state index contributed by atoms with van der Waals surface area (Å²) in [4.78, 5) is 11.6. The van der Waals surface area contributed by atoms with E-state index in [0.717, 1.165) is 21.3 Å². The van der Waals surface area contributed by atoms with Crippen LogP contribution in [0.5, 0.6) is 0 Å². The van der Waals surface area contributed by atoms with Crippen molar-refractivity contribution in [3.05, 3.63) is 14.3 Å². The van der Waals surface area contributed by atoms with Gasteiger partial charge in [0.2, 0.25) is 0 Å². The van der Waals surface area contributed by atoms with Crippen molar-refractivity contribution < 1.29 is 9.90 Å². The molecule has 0 atom stereocenters. The SMILES string of the molecule is O=C(O)C1(Cn2nnnc2-c2csc(I)c2)CCCC1. The first kappa shape index (κ1) is 13.9. The van der Waals surface area contributed by atoms with Gasteiger partial charge in [0.1, 0.15) is 0 Å². The van der Waals surface area contributed by atoms with Crippen LogP contribution in [0.1, 0.15) is 25.7 Å². The fourth-order valence-electron chi connectivity index (χ4n) is 2.72. The van der Waals surface area contributed by atoms with E-state index >= 15 is 0 Å². The van der Waals surface area contributed by atoms with Crippen LogP contribution in [0.2, 0.25) is 0 Å². The third-order valence-corrected chi connectivity index (χ3v) is 5.61. The van der Waals surface area contributed by atoms with Gasteiger partial charge in [-0.1, -0.05) is 12.8 Å². The lowest BCUT2D eigenvalue weighted by molar-refractivity contribution is -0.149. The molecule has 2 heterocycles. The summed E-state index contributed by atoms with van der Waals surface area (Å²) in [6.45, 7) is 0.344. The van der Waals surface area contributed by atoms with Gasteiger partial charge in [0.05, 0.1) is 14.8 Å². The van der Waals surface area contributed by atoms with Gasteiger partial charge >= 0.3 is 5.97 Å². The number of aromatic nitrogens is 4. The Labute approximate surface area is 133 Å². The number of thiophene rings is 1. The molecule has 1 saturated carbocycles. The van der Waals surface area contributed by atoms with Crippen molar-refractivity contribution in [2.24, 2.45) is 5.41 Å². The molecule has 0 spiro atoms. The van der Waals surface area contributed by atoms with Gasteiger partial charge in [-0.15, -0.1) is 16.4 Å². The molecule has 1 aliphatic carbocycles. The van der Waals surface area contributed by atoms with Crippen LogP contribution in [0, 0.1) is 8.30 Å². The number of hydrogen-bond donors (Lipinski definition) is 1. The highest BCUT2D eigenvalue weighted by Crippen LogP contribution is 2.40. The zero-order chi connectivity index (χ0) is 14.2. The summed E-state index contributed by atoms with van der Waals surface area (Å²) in [7, 11) is 0. The number of carboxylic acids is 1. The number of carboxylic acid groups (broad SMARTS) is 1. The highest BCUT2D eigenvalue weighted by Gasteiger charge is 2.42. The molecule has 1 fully saturated rings. The van der Waals surface area contributed by atoms with Crippen LogP contribution in [0.3, 0.4) is 0 Å². The molecule has 20 heavy (non-hydrogen) atoms. The standard InChI is InChI=1S/C12H13IN4O2S/c13-9-5-8(6-20-9)10-14-15-16-17(10)7-12(11(18)19)3-1-2-4-12/h5-6H,1-4,7H2,(H,18,19). The number of halogens is 1. The summed E-state index contributed by atoms with van der Waals surface area (Å²) in [5.74, 6) is -0.0898. The predicted octanol–water partition coefficient (Wildman–Crippen LogP) is 2.65. The molecule has 0 aliphatic heterocycles. The predicted molar refractivity (Wildman–Crippen MR) is 82.4 cm³/mol. The van der Waals surface area contributed by atoms with E-state index in [2.05, 4.69) is 38.1 Å². The fraction of sp³-hybridized carbons (Fsp3) is 0.500. The van der Waals surface area contributed by atoms with E-state index in [0.29, 0.717) is 25.2 Å². The molecule has 3 rings (SSSR count). The van der Waals surface area contributed by atoms with Crippen LogP contribution in [0.25, 0.3) is 11.4 Å². The van der Waals surface area contributed by atoms with Gasteiger partial charge in [0.25, 0.3) is 0 Å². The van der Waals surface area contributed by atoms with Crippen LogP contribution in [0.15, 0.2) is 11.4 Å². The Morgan fingerprint density at radius 2 is 2.25 bits per heavy atom. The maximum atomic E-state index is 11.6. The van der Waals surface area contributed by atoms with Gasteiger partial charge in [-0.25, -0.2) is 4.68 Å². The lowest BCUT2D eigenvalue weighted by Crippen LogP contribution is -2.33. The average Bonchev–Trinajstić information content (AvgIpc) is 3.10. The summed E-state index contributed by atoms with van der Waals surface area (Å²) in [6.07, 6.45) is 3.31.